The Hall–Kier alpha value is -2.56. The van der Waals surface area contributed by atoms with Crippen molar-refractivity contribution in [2.75, 3.05) is 13.1 Å². The van der Waals surface area contributed by atoms with Gasteiger partial charge in [-0.1, -0.05) is 42.5 Å². The summed E-state index contributed by atoms with van der Waals surface area (Å²) in [5.41, 5.74) is 0.365. The zero-order valence-corrected chi connectivity index (χ0v) is 14.7. The molecule has 1 heterocycles. The van der Waals surface area contributed by atoms with Gasteiger partial charge in [0.1, 0.15) is 5.60 Å². The Labute approximate surface area is 147 Å². The van der Waals surface area contributed by atoms with Crippen molar-refractivity contribution in [1.82, 2.24) is 4.90 Å². The van der Waals surface area contributed by atoms with Crippen LogP contribution in [0.3, 0.4) is 0 Å². The normalized spacial score (nSPS) is 20.7. The molecule has 1 fully saturated rings. The van der Waals surface area contributed by atoms with E-state index in [1.807, 2.05) is 42.5 Å². The van der Waals surface area contributed by atoms with Crippen LogP contribution in [0.2, 0.25) is 0 Å². The van der Waals surface area contributed by atoms with Crippen molar-refractivity contribution >= 4 is 22.8 Å². The summed E-state index contributed by atoms with van der Waals surface area (Å²) in [6, 6.07) is 13.8. The van der Waals surface area contributed by atoms with Gasteiger partial charge in [-0.3, -0.25) is 4.79 Å². The Balaban J connectivity index is 1.94. The van der Waals surface area contributed by atoms with Gasteiger partial charge in [0.2, 0.25) is 0 Å². The number of fused-ring (bicyclic) bond motifs is 1. The van der Waals surface area contributed by atoms with Crippen LogP contribution in [0.1, 0.15) is 32.3 Å². The van der Waals surface area contributed by atoms with E-state index in [2.05, 4.69) is 0 Å². The van der Waals surface area contributed by atoms with Crippen LogP contribution in [-0.4, -0.2) is 40.8 Å². The molecule has 2 atom stereocenters. The van der Waals surface area contributed by atoms with Crippen LogP contribution in [0.15, 0.2) is 42.5 Å². The molecule has 1 aliphatic heterocycles. The predicted octanol–water partition coefficient (Wildman–Crippen LogP) is 3.87. The van der Waals surface area contributed by atoms with E-state index in [1.165, 1.54) is 4.90 Å². The Bertz CT molecular complexity index is 803. The fraction of sp³-hybridized carbons (Fsp3) is 0.400. The van der Waals surface area contributed by atoms with Crippen LogP contribution in [0, 0.1) is 5.92 Å². The zero-order chi connectivity index (χ0) is 18.2. The molecule has 0 spiro atoms. The van der Waals surface area contributed by atoms with Crippen LogP contribution in [-0.2, 0) is 9.53 Å². The highest BCUT2D eigenvalue weighted by atomic mass is 16.6. The van der Waals surface area contributed by atoms with E-state index < -0.39 is 23.6 Å². The summed E-state index contributed by atoms with van der Waals surface area (Å²) in [6.45, 7) is 5.92. The molecule has 0 radical (unpaired) electrons. The number of benzene rings is 2. The van der Waals surface area contributed by atoms with Crippen molar-refractivity contribution in [2.24, 2.45) is 5.92 Å². The summed E-state index contributed by atoms with van der Waals surface area (Å²) in [4.78, 5) is 25.7. The first-order valence-electron chi connectivity index (χ1n) is 8.44. The lowest BCUT2D eigenvalue weighted by Gasteiger charge is -2.24. The maximum atomic E-state index is 12.4. The molecule has 5 nitrogen and oxygen atoms in total. The summed E-state index contributed by atoms with van der Waals surface area (Å²) in [7, 11) is 0. The van der Waals surface area contributed by atoms with E-state index >= 15 is 0 Å². The van der Waals surface area contributed by atoms with Crippen molar-refractivity contribution in [3.8, 4) is 0 Å². The van der Waals surface area contributed by atoms with Crippen molar-refractivity contribution in [3.05, 3.63) is 48.0 Å². The fourth-order valence-corrected chi connectivity index (χ4v) is 3.42. The van der Waals surface area contributed by atoms with E-state index in [1.54, 1.807) is 20.8 Å². The molecule has 5 heteroatoms. The summed E-state index contributed by atoms with van der Waals surface area (Å²) in [6.07, 6.45) is -0.457. The maximum Gasteiger partial charge on any atom is 0.410 e. The molecule has 0 bridgehead atoms. The van der Waals surface area contributed by atoms with Gasteiger partial charge < -0.3 is 14.7 Å². The third-order valence-corrected chi connectivity index (χ3v) is 4.51. The molecule has 25 heavy (non-hydrogen) atoms. The number of hydrogen-bond acceptors (Lipinski definition) is 3. The summed E-state index contributed by atoms with van der Waals surface area (Å²) in [5.74, 6) is -1.78. The van der Waals surface area contributed by atoms with Crippen LogP contribution in [0.25, 0.3) is 10.8 Å². The highest BCUT2D eigenvalue weighted by molar-refractivity contribution is 5.87. The van der Waals surface area contributed by atoms with E-state index in [0.717, 1.165) is 16.3 Å². The number of hydrogen-bond donors (Lipinski definition) is 1. The minimum Gasteiger partial charge on any atom is -0.481 e. The van der Waals surface area contributed by atoms with Gasteiger partial charge in [-0.2, -0.15) is 0 Å². The summed E-state index contributed by atoms with van der Waals surface area (Å²) < 4.78 is 5.42. The average molecular weight is 341 g/mol. The minimum atomic E-state index is -0.885. The number of carboxylic acids is 1. The molecule has 1 aliphatic rings. The number of carbonyl (C=O) groups excluding carboxylic acids is 1. The second kappa shape index (κ2) is 6.39. The molecule has 1 N–H and O–H groups in total. The number of carbonyl (C=O) groups is 2. The smallest absolute Gasteiger partial charge is 0.410 e. The Kier molecular flexibility index (Phi) is 4.41. The van der Waals surface area contributed by atoms with Crippen molar-refractivity contribution in [2.45, 2.75) is 32.3 Å². The third-order valence-electron chi connectivity index (χ3n) is 4.51. The quantitative estimate of drug-likeness (QED) is 0.900. The lowest BCUT2D eigenvalue weighted by molar-refractivity contribution is -0.141. The number of amides is 1. The minimum absolute atomic E-state index is 0.165. The SMILES string of the molecule is CC(C)(C)OC(=O)N1CC(C(=O)O)C(c2cccc3ccccc23)C1. The molecule has 2 unspecified atom stereocenters. The standard InChI is InChI=1S/C20H23NO4/c1-20(2,3)25-19(24)21-11-16(17(12-21)18(22)23)15-10-6-8-13-7-4-5-9-14(13)15/h4-10,16-17H,11-12H2,1-3H3,(H,22,23). The van der Waals surface area contributed by atoms with Crippen LogP contribution < -0.4 is 0 Å². The first-order valence-corrected chi connectivity index (χ1v) is 8.44. The van der Waals surface area contributed by atoms with Gasteiger partial charge in [0.25, 0.3) is 0 Å². The molecular weight excluding hydrogens is 318 g/mol. The summed E-state index contributed by atoms with van der Waals surface area (Å²) >= 11 is 0. The van der Waals surface area contributed by atoms with Gasteiger partial charge in [-0.25, -0.2) is 4.79 Å². The van der Waals surface area contributed by atoms with Gasteiger partial charge in [-0.05, 0) is 37.1 Å². The van der Waals surface area contributed by atoms with E-state index in [9.17, 15) is 14.7 Å². The number of nitrogens with zero attached hydrogens (tertiary/aromatic N) is 1. The Morgan fingerprint density at radius 1 is 1.08 bits per heavy atom. The molecular formula is C20H23NO4. The number of carboxylic acid groups (broad SMARTS) is 1. The van der Waals surface area contributed by atoms with E-state index in [4.69, 9.17) is 4.74 Å². The highest BCUT2D eigenvalue weighted by Crippen LogP contribution is 2.37. The molecule has 0 aromatic heterocycles. The Morgan fingerprint density at radius 2 is 1.76 bits per heavy atom. The maximum absolute atomic E-state index is 12.4. The van der Waals surface area contributed by atoms with Gasteiger partial charge in [-0.15, -0.1) is 0 Å². The van der Waals surface area contributed by atoms with Gasteiger partial charge in [0, 0.05) is 19.0 Å². The van der Waals surface area contributed by atoms with Crippen LogP contribution in [0.5, 0.6) is 0 Å². The fourth-order valence-electron chi connectivity index (χ4n) is 3.42. The lowest BCUT2D eigenvalue weighted by Crippen LogP contribution is -2.35. The van der Waals surface area contributed by atoms with E-state index in [0.29, 0.717) is 6.54 Å². The molecule has 3 rings (SSSR count). The number of aliphatic carboxylic acids is 1. The average Bonchev–Trinajstić information content (AvgIpc) is 2.98. The lowest BCUT2D eigenvalue weighted by atomic mass is 9.86. The molecule has 0 aliphatic carbocycles. The topological polar surface area (TPSA) is 66.8 Å². The van der Waals surface area contributed by atoms with Crippen molar-refractivity contribution in [3.63, 3.8) is 0 Å². The zero-order valence-electron chi connectivity index (χ0n) is 14.7. The molecule has 2 aromatic carbocycles. The molecule has 1 amide bonds. The second-order valence-corrected chi connectivity index (χ2v) is 7.50. The van der Waals surface area contributed by atoms with Crippen LogP contribution in [0.4, 0.5) is 4.79 Å². The summed E-state index contributed by atoms with van der Waals surface area (Å²) in [5, 5.41) is 11.8. The first kappa shape index (κ1) is 17.3. The largest absolute Gasteiger partial charge is 0.481 e. The van der Waals surface area contributed by atoms with Gasteiger partial charge in [0.15, 0.2) is 0 Å². The highest BCUT2D eigenvalue weighted by Gasteiger charge is 2.42. The molecule has 0 saturated carbocycles. The van der Waals surface area contributed by atoms with Gasteiger partial charge >= 0.3 is 12.1 Å². The molecule has 1 saturated heterocycles. The first-order chi connectivity index (χ1) is 11.8. The Morgan fingerprint density at radius 3 is 2.44 bits per heavy atom. The van der Waals surface area contributed by atoms with Crippen LogP contribution >= 0.6 is 0 Å². The number of ether oxygens (including phenoxy) is 1. The predicted molar refractivity (Wildman–Crippen MR) is 95.6 cm³/mol. The third kappa shape index (κ3) is 3.60. The second-order valence-electron chi connectivity index (χ2n) is 7.50. The number of rotatable bonds is 2. The van der Waals surface area contributed by atoms with Gasteiger partial charge in [0.05, 0.1) is 5.92 Å². The van der Waals surface area contributed by atoms with Crippen molar-refractivity contribution in [1.29, 1.82) is 0 Å². The monoisotopic (exact) mass is 341 g/mol. The van der Waals surface area contributed by atoms with E-state index in [-0.39, 0.29) is 12.5 Å². The number of likely N-dealkylation sites (tertiary alicyclic amines) is 1. The molecule has 132 valence electrons. The molecule has 2 aromatic rings. The van der Waals surface area contributed by atoms with Crippen molar-refractivity contribution < 1.29 is 19.4 Å².